The van der Waals surface area contributed by atoms with E-state index in [0.29, 0.717) is 10.8 Å². The molecule has 1 amide bonds. The molecule has 4 rings (SSSR count). The number of carbonyl (C=O) groups excluding carboxylic acids is 1. The fourth-order valence-corrected chi connectivity index (χ4v) is 4.32. The van der Waals surface area contributed by atoms with Crippen molar-refractivity contribution in [3.8, 4) is 0 Å². The van der Waals surface area contributed by atoms with Crippen molar-refractivity contribution in [2.45, 2.75) is 30.8 Å². The molecule has 0 saturated carbocycles. The lowest BCUT2D eigenvalue weighted by Gasteiger charge is -2.10. The second kappa shape index (κ2) is 9.32. The number of thioether (sulfide) groups is 1. The predicted octanol–water partition coefficient (Wildman–Crippen LogP) is 5.58. The van der Waals surface area contributed by atoms with Crippen LogP contribution in [0, 0.1) is 0 Å². The predicted molar refractivity (Wildman–Crippen MR) is 123 cm³/mol. The van der Waals surface area contributed by atoms with E-state index in [1.165, 1.54) is 5.56 Å². The normalized spacial score (nSPS) is 11.0. The van der Waals surface area contributed by atoms with Gasteiger partial charge in [-0.2, -0.15) is 0 Å². The van der Waals surface area contributed by atoms with Gasteiger partial charge >= 0.3 is 0 Å². The summed E-state index contributed by atoms with van der Waals surface area (Å²) in [5.41, 5.74) is 4.78. The molecule has 0 saturated heterocycles. The molecule has 5 nitrogen and oxygen atoms in total. The van der Waals surface area contributed by atoms with Crippen molar-refractivity contribution >= 4 is 46.0 Å². The number of fused-ring (bicyclic) bond motifs is 1. The number of halogens is 1. The monoisotopic (exact) mass is 436 g/mol. The Labute approximate surface area is 184 Å². The SMILES string of the molecule is CCc1ccc(NC(=O)Cn2c(SCc3cccc(Cl)c3)nc3ccncc32)cc1. The molecule has 4 aromatic rings. The second-order valence-corrected chi connectivity index (χ2v) is 8.24. The standard InChI is InChI=1S/C23H21ClN4OS/c1-2-16-6-8-19(9-7-16)26-22(29)14-28-21-13-25-11-10-20(21)27-23(28)30-15-17-4-3-5-18(24)12-17/h3-13H,2,14-15H2,1H3,(H,26,29). The summed E-state index contributed by atoms with van der Waals surface area (Å²) in [7, 11) is 0. The number of carbonyl (C=O) groups is 1. The van der Waals surface area contributed by atoms with Gasteiger partial charge < -0.3 is 9.88 Å². The Morgan fingerprint density at radius 1 is 1.13 bits per heavy atom. The maximum absolute atomic E-state index is 12.7. The van der Waals surface area contributed by atoms with Crippen LogP contribution in [-0.2, 0) is 23.5 Å². The molecule has 0 bridgehead atoms. The van der Waals surface area contributed by atoms with Crippen molar-refractivity contribution in [3.05, 3.63) is 83.1 Å². The molecule has 2 aromatic carbocycles. The average Bonchev–Trinajstić information content (AvgIpc) is 3.10. The van der Waals surface area contributed by atoms with Gasteiger partial charge in [0.1, 0.15) is 6.54 Å². The minimum atomic E-state index is -0.105. The molecule has 0 spiro atoms. The van der Waals surface area contributed by atoms with Crippen LogP contribution in [0.1, 0.15) is 18.1 Å². The fourth-order valence-electron chi connectivity index (χ4n) is 3.15. The van der Waals surface area contributed by atoms with Crippen molar-refractivity contribution in [2.24, 2.45) is 0 Å². The fraction of sp³-hybridized carbons (Fsp3) is 0.174. The van der Waals surface area contributed by atoms with E-state index in [1.807, 2.05) is 59.2 Å². The van der Waals surface area contributed by atoms with E-state index in [2.05, 4.69) is 17.2 Å². The number of nitrogens with zero attached hydrogens (tertiary/aromatic N) is 3. The molecule has 30 heavy (non-hydrogen) atoms. The first-order chi connectivity index (χ1) is 14.6. The van der Waals surface area contributed by atoms with Gasteiger partial charge in [-0.05, 0) is 47.9 Å². The number of rotatable bonds is 7. The lowest BCUT2D eigenvalue weighted by molar-refractivity contribution is -0.116. The van der Waals surface area contributed by atoms with Crippen LogP contribution in [0.15, 0.2) is 72.1 Å². The van der Waals surface area contributed by atoms with Crippen molar-refractivity contribution in [3.63, 3.8) is 0 Å². The van der Waals surface area contributed by atoms with E-state index in [-0.39, 0.29) is 12.5 Å². The van der Waals surface area contributed by atoms with Crippen LogP contribution in [0.5, 0.6) is 0 Å². The highest BCUT2D eigenvalue weighted by Crippen LogP contribution is 2.27. The van der Waals surface area contributed by atoms with Crippen molar-refractivity contribution < 1.29 is 4.79 Å². The van der Waals surface area contributed by atoms with Gasteiger partial charge in [0.2, 0.25) is 5.91 Å². The molecule has 0 aliphatic carbocycles. The van der Waals surface area contributed by atoms with E-state index in [1.54, 1.807) is 24.2 Å². The number of benzene rings is 2. The molecule has 0 radical (unpaired) electrons. The van der Waals surface area contributed by atoms with Gasteiger partial charge in [0.15, 0.2) is 5.16 Å². The molecule has 2 heterocycles. The largest absolute Gasteiger partial charge is 0.325 e. The minimum absolute atomic E-state index is 0.105. The van der Waals surface area contributed by atoms with E-state index in [4.69, 9.17) is 16.6 Å². The van der Waals surface area contributed by atoms with Gasteiger partial charge in [0.05, 0.1) is 17.2 Å². The van der Waals surface area contributed by atoms with Crippen LogP contribution in [0.25, 0.3) is 11.0 Å². The summed E-state index contributed by atoms with van der Waals surface area (Å²) in [5, 5.41) is 4.45. The summed E-state index contributed by atoms with van der Waals surface area (Å²) < 4.78 is 1.91. The number of hydrogen-bond donors (Lipinski definition) is 1. The Bertz CT molecular complexity index is 1170. The Morgan fingerprint density at radius 2 is 1.97 bits per heavy atom. The molecule has 0 aliphatic rings. The third-order valence-electron chi connectivity index (χ3n) is 4.72. The zero-order valence-corrected chi connectivity index (χ0v) is 18.1. The van der Waals surface area contributed by atoms with E-state index in [0.717, 1.165) is 33.9 Å². The molecule has 152 valence electrons. The van der Waals surface area contributed by atoms with E-state index < -0.39 is 0 Å². The molecule has 7 heteroatoms. The molecular formula is C23H21ClN4OS. The number of imidazole rings is 1. The zero-order valence-electron chi connectivity index (χ0n) is 16.5. The molecule has 0 unspecified atom stereocenters. The number of amides is 1. The molecular weight excluding hydrogens is 416 g/mol. The number of aryl methyl sites for hydroxylation is 1. The molecule has 2 aromatic heterocycles. The second-order valence-electron chi connectivity index (χ2n) is 6.86. The van der Waals surface area contributed by atoms with Crippen molar-refractivity contribution in [1.82, 2.24) is 14.5 Å². The third kappa shape index (κ3) is 4.83. The number of aromatic nitrogens is 3. The first-order valence-corrected chi connectivity index (χ1v) is 11.0. The summed E-state index contributed by atoms with van der Waals surface area (Å²) in [6, 6.07) is 17.5. The van der Waals surface area contributed by atoms with Crippen LogP contribution < -0.4 is 5.32 Å². The zero-order chi connectivity index (χ0) is 20.9. The van der Waals surface area contributed by atoms with E-state index in [9.17, 15) is 4.79 Å². The number of hydrogen-bond acceptors (Lipinski definition) is 4. The summed E-state index contributed by atoms with van der Waals surface area (Å²) >= 11 is 7.67. The number of pyridine rings is 1. The van der Waals surface area contributed by atoms with Gasteiger partial charge in [-0.15, -0.1) is 0 Å². The highest BCUT2D eigenvalue weighted by Gasteiger charge is 2.15. The summed E-state index contributed by atoms with van der Waals surface area (Å²) in [4.78, 5) is 21.7. The number of anilines is 1. The lowest BCUT2D eigenvalue weighted by atomic mass is 10.1. The minimum Gasteiger partial charge on any atom is -0.325 e. The quantitative estimate of drug-likeness (QED) is 0.384. The summed E-state index contributed by atoms with van der Waals surface area (Å²) in [6.07, 6.45) is 4.42. The third-order valence-corrected chi connectivity index (χ3v) is 6.00. The Hall–Kier alpha value is -2.83. The maximum Gasteiger partial charge on any atom is 0.244 e. The summed E-state index contributed by atoms with van der Waals surface area (Å²) in [5.74, 6) is 0.601. The summed E-state index contributed by atoms with van der Waals surface area (Å²) in [6.45, 7) is 2.27. The first-order valence-electron chi connectivity index (χ1n) is 9.68. The van der Waals surface area contributed by atoms with Gasteiger partial charge in [0.25, 0.3) is 0 Å². The van der Waals surface area contributed by atoms with Crippen LogP contribution in [-0.4, -0.2) is 20.4 Å². The van der Waals surface area contributed by atoms with Crippen molar-refractivity contribution in [2.75, 3.05) is 5.32 Å². The smallest absolute Gasteiger partial charge is 0.244 e. The highest BCUT2D eigenvalue weighted by molar-refractivity contribution is 7.98. The van der Waals surface area contributed by atoms with Gasteiger partial charge in [0, 0.05) is 22.7 Å². The van der Waals surface area contributed by atoms with Gasteiger partial charge in [-0.1, -0.05) is 54.6 Å². The Balaban J connectivity index is 1.54. The highest BCUT2D eigenvalue weighted by atomic mass is 35.5. The maximum atomic E-state index is 12.7. The van der Waals surface area contributed by atoms with E-state index >= 15 is 0 Å². The van der Waals surface area contributed by atoms with Crippen LogP contribution >= 0.6 is 23.4 Å². The van der Waals surface area contributed by atoms with Crippen LogP contribution in [0.3, 0.4) is 0 Å². The lowest BCUT2D eigenvalue weighted by Crippen LogP contribution is -2.19. The molecule has 1 N–H and O–H groups in total. The van der Waals surface area contributed by atoms with Crippen LogP contribution in [0.4, 0.5) is 5.69 Å². The molecule has 0 fully saturated rings. The first kappa shape index (κ1) is 20.4. The average molecular weight is 437 g/mol. The Morgan fingerprint density at radius 3 is 2.73 bits per heavy atom. The Kier molecular flexibility index (Phi) is 6.35. The van der Waals surface area contributed by atoms with Gasteiger partial charge in [-0.3, -0.25) is 9.78 Å². The number of nitrogens with one attached hydrogen (secondary N) is 1. The van der Waals surface area contributed by atoms with Crippen LogP contribution in [0.2, 0.25) is 5.02 Å². The van der Waals surface area contributed by atoms with Gasteiger partial charge in [-0.25, -0.2) is 4.98 Å². The topological polar surface area (TPSA) is 59.8 Å². The molecule has 0 aliphatic heterocycles. The molecule has 0 atom stereocenters. The van der Waals surface area contributed by atoms with Crippen molar-refractivity contribution in [1.29, 1.82) is 0 Å².